The van der Waals surface area contributed by atoms with Crippen molar-refractivity contribution in [1.29, 1.82) is 0 Å². The number of aromatic nitrogens is 2. The highest BCUT2D eigenvalue weighted by molar-refractivity contribution is 6.03. The standard InChI is InChI=1S/C18H19N3O3/c1-11(2)20-9-12-7-14(5-6-19-12)24-13-3-4-17-15(8-13)16(10-21-17)18(22)23/h3-8,10-11,20-21H,9H2,1-2H3,(H,22,23). The van der Waals surface area contributed by atoms with Gasteiger partial charge in [0.1, 0.15) is 11.5 Å². The SMILES string of the molecule is CC(C)NCc1cc(Oc2ccc3[nH]cc(C(=O)O)c3c2)ccn1. The normalized spacial score (nSPS) is 11.1. The number of rotatable bonds is 6. The first kappa shape index (κ1) is 16.0. The Morgan fingerprint density at radius 3 is 2.83 bits per heavy atom. The van der Waals surface area contributed by atoms with E-state index in [1.165, 1.54) is 6.20 Å². The van der Waals surface area contributed by atoms with E-state index in [4.69, 9.17) is 4.74 Å². The summed E-state index contributed by atoms with van der Waals surface area (Å²) in [4.78, 5) is 18.5. The second kappa shape index (κ2) is 6.72. The van der Waals surface area contributed by atoms with E-state index >= 15 is 0 Å². The molecule has 0 amide bonds. The van der Waals surface area contributed by atoms with Crippen molar-refractivity contribution >= 4 is 16.9 Å². The van der Waals surface area contributed by atoms with Crippen LogP contribution in [-0.2, 0) is 6.54 Å². The van der Waals surface area contributed by atoms with Crippen LogP contribution < -0.4 is 10.1 Å². The zero-order chi connectivity index (χ0) is 17.1. The molecule has 3 rings (SSSR count). The second-order valence-electron chi connectivity index (χ2n) is 5.84. The van der Waals surface area contributed by atoms with Crippen LogP contribution in [0.1, 0.15) is 29.9 Å². The molecule has 0 atom stereocenters. The zero-order valence-electron chi connectivity index (χ0n) is 13.5. The smallest absolute Gasteiger partial charge is 0.337 e. The van der Waals surface area contributed by atoms with E-state index in [0.29, 0.717) is 29.5 Å². The molecule has 0 saturated carbocycles. The Morgan fingerprint density at radius 1 is 1.29 bits per heavy atom. The summed E-state index contributed by atoms with van der Waals surface area (Å²) >= 11 is 0. The molecule has 3 aromatic rings. The lowest BCUT2D eigenvalue weighted by Gasteiger charge is -2.10. The summed E-state index contributed by atoms with van der Waals surface area (Å²) in [6.07, 6.45) is 3.18. The van der Waals surface area contributed by atoms with Gasteiger partial charge in [0.05, 0.1) is 11.3 Å². The molecule has 0 spiro atoms. The molecule has 0 bridgehead atoms. The quantitative estimate of drug-likeness (QED) is 0.645. The van der Waals surface area contributed by atoms with Gasteiger partial charge in [-0.05, 0) is 24.3 Å². The summed E-state index contributed by atoms with van der Waals surface area (Å²) in [5.74, 6) is 0.278. The van der Waals surface area contributed by atoms with Crippen molar-refractivity contribution in [2.24, 2.45) is 0 Å². The Balaban J connectivity index is 1.83. The van der Waals surface area contributed by atoms with Gasteiger partial charge in [-0.1, -0.05) is 13.8 Å². The zero-order valence-corrected chi connectivity index (χ0v) is 13.5. The van der Waals surface area contributed by atoms with Crippen molar-refractivity contribution in [2.75, 3.05) is 0 Å². The lowest BCUT2D eigenvalue weighted by atomic mass is 10.1. The summed E-state index contributed by atoms with van der Waals surface area (Å²) in [5, 5.41) is 13.1. The number of carboxylic acids is 1. The summed E-state index contributed by atoms with van der Waals surface area (Å²) in [6, 6.07) is 9.35. The molecule has 124 valence electrons. The summed E-state index contributed by atoms with van der Waals surface area (Å²) < 4.78 is 5.86. The van der Waals surface area contributed by atoms with Crippen molar-refractivity contribution in [3.8, 4) is 11.5 Å². The minimum absolute atomic E-state index is 0.229. The van der Waals surface area contributed by atoms with Crippen LogP contribution in [0.15, 0.2) is 42.7 Å². The number of carboxylic acid groups (broad SMARTS) is 1. The van der Waals surface area contributed by atoms with E-state index in [1.54, 1.807) is 30.5 Å². The maximum absolute atomic E-state index is 11.2. The maximum atomic E-state index is 11.2. The summed E-state index contributed by atoms with van der Waals surface area (Å²) in [7, 11) is 0. The van der Waals surface area contributed by atoms with Crippen LogP contribution in [0.4, 0.5) is 0 Å². The molecular formula is C18H19N3O3. The van der Waals surface area contributed by atoms with Crippen LogP contribution in [0.5, 0.6) is 11.5 Å². The number of hydrogen-bond donors (Lipinski definition) is 3. The lowest BCUT2D eigenvalue weighted by molar-refractivity contribution is 0.0699. The molecule has 24 heavy (non-hydrogen) atoms. The molecule has 0 aliphatic heterocycles. The molecule has 2 aromatic heterocycles. The number of benzene rings is 1. The predicted molar refractivity (Wildman–Crippen MR) is 91.5 cm³/mol. The van der Waals surface area contributed by atoms with Gasteiger partial charge in [0, 0.05) is 41.9 Å². The van der Waals surface area contributed by atoms with Gasteiger partial charge in [0.15, 0.2) is 0 Å². The number of ether oxygens (including phenoxy) is 1. The summed E-state index contributed by atoms with van der Waals surface area (Å²) in [6.45, 7) is 4.81. The van der Waals surface area contributed by atoms with Gasteiger partial charge in [-0.15, -0.1) is 0 Å². The van der Waals surface area contributed by atoms with Crippen LogP contribution >= 0.6 is 0 Å². The molecule has 0 aliphatic rings. The number of pyridine rings is 1. The van der Waals surface area contributed by atoms with Gasteiger partial charge < -0.3 is 20.1 Å². The van der Waals surface area contributed by atoms with E-state index in [9.17, 15) is 9.90 Å². The van der Waals surface area contributed by atoms with Crippen molar-refractivity contribution in [2.45, 2.75) is 26.4 Å². The van der Waals surface area contributed by atoms with Gasteiger partial charge >= 0.3 is 5.97 Å². The van der Waals surface area contributed by atoms with Crippen LogP contribution in [0.3, 0.4) is 0 Å². The van der Waals surface area contributed by atoms with Crippen LogP contribution in [0.25, 0.3) is 10.9 Å². The van der Waals surface area contributed by atoms with Crippen LogP contribution in [-0.4, -0.2) is 27.1 Å². The Kier molecular flexibility index (Phi) is 4.48. The molecule has 6 heteroatoms. The number of carbonyl (C=O) groups is 1. The minimum atomic E-state index is -0.968. The summed E-state index contributed by atoms with van der Waals surface area (Å²) in [5.41, 5.74) is 1.87. The monoisotopic (exact) mass is 325 g/mol. The molecule has 3 N–H and O–H groups in total. The highest BCUT2D eigenvalue weighted by Crippen LogP contribution is 2.27. The average molecular weight is 325 g/mol. The van der Waals surface area contributed by atoms with Crippen molar-refractivity contribution in [3.63, 3.8) is 0 Å². The Bertz CT molecular complexity index is 871. The number of fused-ring (bicyclic) bond motifs is 1. The third kappa shape index (κ3) is 3.55. The molecule has 0 unspecified atom stereocenters. The van der Waals surface area contributed by atoms with Gasteiger partial charge in [-0.3, -0.25) is 4.98 Å². The fourth-order valence-corrected chi connectivity index (χ4v) is 2.40. The molecule has 1 aromatic carbocycles. The van der Waals surface area contributed by atoms with Crippen LogP contribution in [0, 0.1) is 0 Å². The number of nitrogens with zero attached hydrogens (tertiary/aromatic N) is 1. The van der Waals surface area contributed by atoms with Gasteiger partial charge in [0.25, 0.3) is 0 Å². The third-order valence-corrected chi connectivity index (χ3v) is 3.60. The van der Waals surface area contributed by atoms with E-state index in [1.807, 2.05) is 6.07 Å². The molecular weight excluding hydrogens is 306 g/mol. The fraction of sp³-hybridized carbons (Fsp3) is 0.222. The topological polar surface area (TPSA) is 87.2 Å². The largest absolute Gasteiger partial charge is 0.478 e. The lowest BCUT2D eigenvalue weighted by Crippen LogP contribution is -2.22. The van der Waals surface area contributed by atoms with Crippen molar-refractivity contribution < 1.29 is 14.6 Å². The van der Waals surface area contributed by atoms with E-state index in [-0.39, 0.29) is 5.56 Å². The highest BCUT2D eigenvalue weighted by Gasteiger charge is 2.11. The first-order valence-electron chi connectivity index (χ1n) is 7.73. The first-order valence-corrected chi connectivity index (χ1v) is 7.73. The third-order valence-electron chi connectivity index (χ3n) is 3.60. The maximum Gasteiger partial charge on any atom is 0.337 e. The minimum Gasteiger partial charge on any atom is -0.478 e. The first-order chi connectivity index (χ1) is 11.5. The molecule has 0 radical (unpaired) electrons. The number of nitrogens with one attached hydrogen (secondary N) is 2. The molecule has 0 fully saturated rings. The number of aromatic amines is 1. The van der Waals surface area contributed by atoms with Gasteiger partial charge in [-0.25, -0.2) is 4.79 Å². The average Bonchev–Trinajstić information content (AvgIpc) is 2.97. The Hall–Kier alpha value is -2.86. The van der Waals surface area contributed by atoms with Gasteiger partial charge in [-0.2, -0.15) is 0 Å². The number of H-pyrrole nitrogens is 1. The molecule has 6 nitrogen and oxygen atoms in total. The van der Waals surface area contributed by atoms with Gasteiger partial charge in [0.2, 0.25) is 0 Å². The van der Waals surface area contributed by atoms with E-state index in [2.05, 4.69) is 29.1 Å². The molecule has 0 aliphatic carbocycles. The predicted octanol–water partition coefficient (Wildman–Crippen LogP) is 3.55. The Labute approximate surface area is 139 Å². The highest BCUT2D eigenvalue weighted by atomic mass is 16.5. The number of aromatic carboxylic acids is 1. The Morgan fingerprint density at radius 2 is 2.08 bits per heavy atom. The van der Waals surface area contributed by atoms with E-state index in [0.717, 1.165) is 11.2 Å². The van der Waals surface area contributed by atoms with E-state index < -0.39 is 5.97 Å². The van der Waals surface area contributed by atoms with Crippen LogP contribution in [0.2, 0.25) is 0 Å². The fourth-order valence-electron chi connectivity index (χ4n) is 2.40. The number of hydrogen-bond acceptors (Lipinski definition) is 4. The van der Waals surface area contributed by atoms with Crippen molar-refractivity contribution in [1.82, 2.24) is 15.3 Å². The molecule has 2 heterocycles. The second-order valence-corrected chi connectivity index (χ2v) is 5.84. The molecule has 0 saturated heterocycles. The van der Waals surface area contributed by atoms with Crippen molar-refractivity contribution in [3.05, 3.63) is 54.0 Å².